The molecular weight excluding hydrogens is 605 g/mol. The summed E-state index contributed by atoms with van der Waals surface area (Å²) in [6, 6.07) is 25.1. The zero-order valence-corrected chi connectivity index (χ0v) is 25.4. The van der Waals surface area contributed by atoms with Crippen molar-refractivity contribution in [2.75, 3.05) is 39.8 Å². The summed E-state index contributed by atoms with van der Waals surface area (Å²) in [4.78, 5) is 35.0. The monoisotopic (exact) mass is 642 g/mol. The molecule has 3 aromatic rings. The van der Waals surface area contributed by atoms with Crippen LogP contribution in [0.5, 0.6) is 5.75 Å². The molecule has 0 aromatic heterocycles. The van der Waals surface area contributed by atoms with Crippen LogP contribution in [0, 0.1) is 5.92 Å². The van der Waals surface area contributed by atoms with Crippen molar-refractivity contribution in [3.8, 4) is 5.75 Å². The summed E-state index contributed by atoms with van der Waals surface area (Å²) in [5.74, 6) is -2.70. The van der Waals surface area contributed by atoms with Crippen LogP contribution in [0.3, 0.4) is 0 Å². The number of hydrogen-bond donors (Lipinski definition) is 2. The lowest BCUT2D eigenvalue weighted by molar-refractivity contribution is -0.946. The third kappa shape index (κ3) is 8.24. The average molecular weight is 643 g/mol. The highest BCUT2D eigenvalue weighted by atomic mass is 19.4. The number of piperidine rings is 3. The van der Waals surface area contributed by atoms with Gasteiger partial charge in [0.2, 0.25) is 5.60 Å². The molecule has 2 bridgehead atoms. The number of methoxy groups -OCH3 is 1. The summed E-state index contributed by atoms with van der Waals surface area (Å²) in [7, 11) is 1.60. The first-order valence-electron chi connectivity index (χ1n) is 15.0. The molecule has 3 heterocycles. The van der Waals surface area contributed by atoms with E-state index < -0.39 is 23.7 Å². The van der Waals surface area contributed by atoms with Crippen LogP contribution in [0.1, 0.15) is 40.7 Å². The molecule has 1 atom stereocenters. The highest BCUT2D eigenvalue weighted by Crippen LogP contribution is 2.38. The van der Waals surface area contributed by atoms with Crippen molar-refractivity contribution in [1.29, 1.82) is 0 Å². The van der Waals surface area contributed by atoms with E-state index in [4.69, 9.17) is 19.4 Å². The van der Waals surface area contributed by atoms with Crippen molar-refractivity contribution >= 4 is 17.8 Å². The van der Waals surface area contributed by atoms with Crippen LogP contribution in [0.15, 0.2) is 84.9 Å². The third-order valence-electron chi connectivity index (χ3n) is 8.66. The number of hydrogen-bond acceptors (Lipinski definition) is 7. The molecule has 6 rings (SSSR count). The maximum atomic E-state index is 13.7. The number of rotatable bonds is 10. The second-order valence-electron chi connectivity index (χ2n) is 11.5. The van der Waals surface area contributed by atoms with Gasteiger partial charge in [0.1, 0.15) is 18.3 Å². The van der Waals surface area contributed by atoms with Gasteiger partial charge in [-0.25, -0.2) is 4.79 Å². The average Bonchev–Trinajstić information content (AvgIpc) is 3.07. The molecule has 3 aromatic carbocycles. The van der Waals surface area contributed by atoms with Crippen LogP contribution in [-0.2, 0) is 19.9 Å². The summed E-state index contributed by atoms with van der Waals surface area (Å²) in [5.41, 5.74) is -0.263. The largest absolute Gasteiger partial charge is 0.542 e. The number of amides is 1. The number of quaternary nitrogens is 1. The first-order valence-corrected chi connectivity index (χ1v) is 15.0. The Kier molecular flexibility index (Phi) is 11.1. The molecular formula is C34H37F3N2O7. The van der Waals surface area contributed by atoms with Crippen LogP contribution in [0.4, 0.5) is 13.2 Å². The van der Waals surface area contributed by atoms with Crippen LogP contribution < -0.4 is 15.2 Å². The Hall–Kier alpha value is -4.42. The van der Waals surface area contributed by atoms with Gasteiger partial charge in [0.25, 0.3) is 5.91 Å². The standard InChI is InChI=1S/C32H36N2O5.C2HF3O2/c1-38-28-15-13-25(14-16-28)30(35)33-19-8-20-34-21-17-24(18-22-34)29(23-34)39-31(36)32(37,26-9-4-2-5-10-26)27-11-6-3-7-12-27;3-2(4,5)1(6)7/h2-7,9-16,24,29,37H,8,17-23H2,1H3;(H,6,7)/t24?,29-,34?;/m0./s1. The molecule has 2 N–H and O–H groups in total. The fourth-order valence-electron chi connectivity index (χ4n) is 6.11. The van der Waals surface area contributed by atoms with Crippen molar-refractivity contribution in [2.45, 2.75) is 37.1 Å². The number of carbonyl (C=O) groups excluding carboxylic acids is 3. The van der Waals surface area contributed by atoms with Gasteiger partial charge < -0.3 is 34.3 Å². The van der Waals surface area contributed by atoms with E-state index in [2.05, 4.69) is 5.32 Å². The second kappa shape index (κ2) is 14.8. The molecule has 3 aliphatic rings. The van der Waals surface area contributed by atoms with Crippen LogP contribution in [0.2, 0.25) is 0 Å². The number of fused-ring (bicyclic) bond motifs is 3. The smallest absolute Gasteiger partial charge is 0.430 e. The lowest BCUT2D eigenvalue weighted by atomic mass is 9.82. The van der Waals surface area contributed by atoms with E-state index in [1.54, 1.807) is 55.6 Å². The van der Waals surface area contributed by atoms with E-state index in [0.29, 0.717) is 29.2 Å². The van der Waals surface area contributed by atoms with Gasteiger partial charge in [-0.2, -0.15) is 13.2 Å². The van der Waals surface area contributed by atoms with Crippen molar-refractivity contribution in [3.05, 3.63) is 102 Å². The topological polar surface area (TPSA) is 125 Å². The quantitative estimate of drug-likeness (QED) is 0.198. The van der Waals surface area contributed by atoms with Gasteiger partial charge in [-0.3, -0.25) is 4.79 Å². The van der Waals surface area contributed by atoms with E-state index in [-0.39, 0.29) is 12.0 Å². The van der Waals surface area contributed by atoms with E-state index >= 15 is 0 Å². The molecule has 3 aliphatic heterocycles. The van der Waals surface area contributed by atoms with Crippen molar-refractivity contribution < 1.29 is 51.7 Å². The molecule has 46 heavy (non-hydrogen) atoms. The molecule has 0 spiro atoms. The number of alkyl halides is 3. The predicted octanol–water partition coefficient (Wildman–Crippen LogP) is 3.20. The molecule has 1 amide bonds. The summed E-state index contributed by atoms with van der Waals surface area (Å²) < 4.78 is 43.7. The molecule has 0 unspecified atom stereocenters. The Labute approximate surface area is 265 Å². The predicted molar refractivity (Wildman–Crippen MR) is 159 cm³/mol. The molecule has 0 aliphatic carbocycles. The number of nitrogens with zero attached hydrogens (tertiary/aromatic N) is 1. The zero-order valence-electron chi connectivity index (χ0n) is 25.4. The van der Waals surface area contributed by atoms with E-state index in [9.17, 15) is 27.9 Å². The molecule has 0 radical (unpaired) electrons. The number of benzene rings is 3. The number of aliphatic carboxylic acids is 1. The Balaban J connectivity index is 0.000000617. The van der Waals surface area contributed by atoms with E-state index in [1.807, 2.05) is 36.4 Å². The Morgan fingerprint density at radius 2 is 1.43 bits per heavy atom. The van der Waals surface area contributed by atoms with Gasteiger partial charge in [-0.1, -0.05) is 60.7 Å². The molecule has 3 fully saturated rings. The minimum Gasteiger partial charge on any atom is -0.542 e. The summed E-state index contributed by atoms with van der Waals surface area (Å²) in [6.45, 7) is 4.33. The van der Waals surface area contributed by atoms with Crippen LogP contribution in [0.25, 0.3) is 0 Å². The fraction of sp³-hybridized carbons (Fsp3) is 0.382. The highest BCUT2D eigenvalue weighted by molar-refractivity contribution is 5.94. The highest BCUT2D eigenvalue weighted by Gasteiger charge is 2.50. The number of halogens is 3. The fourth-order valence-corrected chi connectivity index (χ4v) is 6.11. The number of ether oxygens (including phenoxy) is 2. The summed E-state index contributed by atoms with van der Waals surface area (Å²) in [5, 5.41) is 23.6. The summed E-state index contributed by atoms with van der Waals surface area (Å²) >= 11 is 0. The second-order valence-corrected chi connectivity index (χ2v) is 11.5. The van der Waals surface area contributed by atoms with Crippen molar-refractivity contribution in [1.82, 2.24) is 5.32 Å². The minimum atomic E-state index is -5.19. The van der Waals surface area contributed by atoms with Crippen LogP contribution >= 0.6 is 0 Å². The number of nitrogens with one attached hydrogen (secondary N) is 1. The molecule has 12 heteroatoms. The van der Waals surface area contributed by atoms with Gasteiger partial charge >= 0.3 is 12.1 Å². The van der Waals surface area contributed by atoms with E-state index in [0.717, 1.165) is 55.7 Å². The van der Waals surface area contributed by atoms with Gasteiger partial charge in [-0.15, -0.1) is 0 Å². The first-order chi connectivity index (χ1) is 21.9. The number of aliphatic hydroxyl groups is 1. The van der Waals surface area contributed by atoms with Gasteiger partial charge in [-0.05, 0) is 35.4 Å². The van der Waals surface area contributed by atoms with E-state index in [1.165, 1.54) is 0 Å². The van der Waals surface area contributed by atoms with Crippen molar-refractivity contribution in [2.24, 2.45) is 5.92 Å². The molecule has 0 saturated carbocycles. The Morgan fingerprint density at radius 3 is 1.91 bits per heavy atom. The lowest BCUT2D eigenvalue weighted by Crippen LogP contribution is -2.65. The number of carboxylic acid groups (broad SMARTS) is 1. The number of carbonyl (C=O) groups is 3. The minimum absolute atomic E-state index is 0.0945. The number of esters is 1. The maximum absolute atomic E-state index is 13.7. The first kappa shape index (κ1) is 34.5. The third-order valence-corrected chi connectivity index (χ3v) is 8.66. The zero-order chi connectivity index (χ0) is 33.4. The van der Waals surface area contributed by atoms with Gasteiger partial charge in [0.05, 0.1) is 26.7 Å². The normalized spacial score (nSPS) is 20.5. The SMILES string of the molecule is COc1ccc(C(=O)NCCC[N+]23CCC(CC2)[C@@H](OC(=O)C(O)(c2ccccc2)c2ccccc2)C3)cc1.O=C([O-])C(F)(F)F. The molecule has 3 saturated heterocycles. The summed E-state index contributed by atoms with van der Waals surface area (Å²) in [6.07, 6.45) is -2.62. The molecule has 246 valence electrons. The molecule has 9 nitrogen and oxygen atoms in total. The van der Waals surface area contributed by atoms with Crippen LogP contribution in [-0.4, -0.2) is 79.5 Å². The van der Waals surface area contributed by atoms with Gasteiger partial charge in [0.15, 0.2) is 6.10 Å². The van der Waals surface area contributed by atoms with Crippen molar-refractivity contribution in [3.63, 3.8) is 0 Å². The number of carboxylic acids is 1. The maximum Gasteiger partial charge on any atom is 0.430 e. The van der Waals surface area contributed by atoms with Gasteiger partial charge in [0, 0.05) is 37.3 Å². The Morgan fingerprint density at radius 1 is 0.913 bits per heavy atom. The lowest BCUT2D eigenvalue weighted by Gasteiger charge is -2.52. The Bertz CT molecular complexity index is 1420.